The van der Waals surface area contributed by atoms with E-state index in [4.69, 9.17) is 4.74 Å². The van der Waals surface area contributed by atoms with Crippen LogP contribution in [0.25, 0.3) is 0 Å². The van der Waals surface area contributed by atoms with Gasteiger partial charge >= 0.3 is 0 Å². The highest BCUT2D eigenvalue weighted by Gasteiger charge is 2.02. The molecule has 1 aromatic rings. The van der Waals surface area contributed by atoms with E-state index >= 15 is 0 Å². The van der Waals surface area contributed by atoms with Crippen molar-refractivity contribution in [3.63, 3.8) is 0 Å². The van der Waals surface area contributed by atoms with Crippen LogP contribution in [0.5, 0.6) is 0 Å². The molecule has 78 valence electrons. The first-order valence-electron chi connectivity index (χ1n) is 4.17. The van der Waals surface area contributed by atoms with Crippen molar-refractivity contribution >= 4 is 43.6 Å². The summed E-state index contributed by atoms with van der Waals surface area (Å²) in [5, 5.41) is 1.03. The van der Waals surface area contributed by atoms with Crippen LogP contribution in [-0.4, -0.2) is 24.5 Å². The molecule has 2 nitrogen and oxygen atoms in total. The molecule has 1 heterocycles. The third kappa shape index (κ3) is 4.29. The van der Waals surface area contributed by atoms with Gasteiger partial charge in [-0.05, 0) is 44.3 Å². The fourth-order valence-electron chi connectivity index (χ4n) is 0.880. The molecule has 0 aliphatic carbocycles. The first-order valence-corrected chi connectivity index (χ1v) is 6.74. The van der Waals surface area contributed by atoms with Crippen molar-refractivity contribution in [2.45, 2.75) is 11.4 Å². The molecular weight excluding hydrogens is 330 g/mol. The summed E-state index contributed by atoms with van der Waals surface area (Å²) < 4.78 is 7.00. The molecule has 0 radical (unpaired) electrons. The van der Waals surface area contributed by atoms with Crippen molar-refractivity contribution in [3.05, 3.63) is 21.2 Å². The first-order chi connectivity index (χ1) is 6.74. The van der Waals surface area contributed by atoms with Crippen LogP contribution in [0, 0.1) is 0 Å². The van der Waals surface area contributed by atoms with Crippen molar-refractivity contribution in [1.82, 2.24) is 4.98 Å². The van der Waals surface area contributed by atoms with Gasteiger partial charge in [0, 0.05) is 30.1 Å². The largest absolute Gasteiger partial charge is 0.385 e. The van der Waals surface area contributed by atoms with E-state index in [0.717, 1.165) is 32.8 Å². The molecule has 5 heteroatoms. The molecule has 0 spiro atoms. The molecule has 0 saturated heterocycles. The lowest BCUT2D eigenvalue weighted by molar-refractivity contribution is 0.200. The molecule has 0 atom stereocenters. The zero-order valence-electron chi connectivity index (χ0n) is 7.80. The number of nitrogens with zero attached hydrogens (tertiary/aromatic N) is 1. The summed E-state index contributed by atoms with van der Waals surface area (Å²) in [5.41, 5.74) is 0. The second-order valence-electron chi connectivity index (χ2n) is 2.64. The Labute approximate surface area is 105 Å². The topological polar surface area (TPSA) is 22.1 Å². The van der Waals surface area contributed by atoms with Crippen LogP contribution in [0.1, 0.15) is 6.42 Å². The number of hydrogen-bond acceptors (Lipinski definition) is 3. The number of pyridine rings is 1. The average molecular weight is 341 g/mol. The fourth-order valence-corrected chi connectivity index (χ4v) is 2.99. The Morgan fingerprint density at radius 2 is 2.29 bits per heavy atom. The smallest absolute Gasteiger partial charge is 0.110 e. The van der Waals surface area contributed by atoms with Gasteiger partial charge in [0.05, 0.1) is 4.47 Å². The maximum Gasteiger partial charge on any atom is 0.110 e. The maximum absolute atomic E-state index is 4.98. The molecule has 0 aliphatic rings. The quantitative estimate of drug-likeness (QED) is 0.602. The van der Waals surface area contributed by atoms with Crippen LogP contribution in [0.2, 0.25) is 0 Å². The van der Waals surface area contributed by atoms with Gasteiger partial charge < -0.3 is 4.74 Å². The Hall–Kier alpha value is 0.420. The molecule has 0 aliphatic heterocycles. The second kappa shape index (κ2) is 6.82. The highest BCUT2D eigenvalue weighted by molar-refractivity contribution is 9.11. The number of halogens is 2. The molecule has 0 unspecified atom stereocenters. The summed E-state index contributed by atoms with van der Waals surface area (Å²) in [4.78, 5) is 4.30. The first kappa shape index (κ1) is 12.5. The van der Waals surface area contributed by atoms with Crippen molar-refractivity contribution in [2.75, 3.05) is 19.5 Å². The van der Waals surface area contributed by atoms with Gasteiger partial charge in [-0.15, -0.1) is 11.8 Å². The molecule has 0 N–H and O–H groups in total. The Bertz CT molecular complexity index is 296. The molecule has 1 rings (SSSR count). The van der Waals surface area contributed by atoms with E-state index in [-0.39, 0.29) is 0 Å². The number of aromatic nitrogens is 1. The molecule has 14 heavy (non-hydrogen) atoms. The van der Waals surface area contributed by atoms with Crippen molar-refractivity contribution in [1.29, 1.82) is 0 Å². The number of methoxy groups -OCH3 is 1. The molecular formula is C9H11Br2NOS. The SMILES string of the molecule is COCCCSc1ncc(Br)cc1Br. The summed E-state index contributed by atoms with van der Waals surface area (Å²) in [5.74, 6) is 1.03. The van der Waals surface area contributed by atoms with Gasteiger partial charge in [0.15, 0.2) is 0 Å². The summed E-state index contributed by atoms with van der Waals surface area (Å²) in [6.07, 6.45) is 2.86. The summed E-state index contributed by atoms with van der Waals surface area (Å²) in [6.45, 7) is 0.807. The lowest BCUT2D eigenvalue weighted by atomic mass is 10.5. The predicted octanol–water partition coefficient (Wildman–Crippen LogP) is 3.74. The van der Waals surface area contributed by atoms with Crippen LogP contribution in [-0.2, 0) is 4.74 Å². The molecule has 0 saturated carbocycles. The average Bonchev–Trinajstić information content (AvgIpc) is 2.15. The highest BCUT2D eigenvalue weighted by atomic mass is 79.9. The van der Waals surface area contributed by atoms with E-state index in [1.807, 2.05) is 12.3 Å². The highest BCUT2D eigenvalue weighted by Crippen LogP contribution is 2.27. The third-order valence-corrected chi connectivity index (χ3v) is 3.90. The maximum atomic E-state index is 4.98. The van der Waals surface area contributed by atoms with Crippen molar-refractivity contribution < 1.29 is 4.74 Å². The monoisotopic (exact) mass is 339 g/mol. The van der Waals surface area contributed by atoms with Crippen LogP contribution in [0.3, 0.4) is 0 Å². The molecule has 0 fully saturated rings. The standard InChI is InChI=1S/C9H11Br2NOS/c1-13-3-2-4-14-9-8(11)5-7(10)6-12-9/h5-6H,2-4H2,1H3. The number of rotatable bonds is 5. The number of ether oxygens (including phenoxy) is 1. The second-order valence-corrected chi connectivity index (χ2v) is 5.49. The van der Waals surface area contributed by atoms with Gasteiger partial charge in [0.25, 0.3) is 0 Å². The van der Waals surface area contributed by atoms with E-state index in [9.17, 15) is 0 Å². The molecule has 0 bridgehead atoms. The summed E-state index contributed by atoms with van der Waals surface area (Å²) >= 11 is 8.58. The van der Waals surface area contributed by atoms with Gasteiger partial charge in [-0.2, -0.15) is 0 Å². The Kier molecular flexibility index (Phi) is 6.09. The van der Waals surface area contributed by atoms with Crippen LogP contribution in [0.15, 0.2) is 26.2 Å². The van der Waals surface area contributed by atoms with E-state index in [0.29, 0.717) is 0 Å². The number of hydrogen-bond donors (Lipinski definition) is 0. The Morgan fingerprint density at radius 1 is 1.50 bits per heavy atom. The minimum atomic E-state index is 0.807. The van der Waals surface area contributed by atoms with Crippen molar-refractivity contribution in [3.8, 4) is 0 Å². The van der Waals surface area contributed by atoms with E-state index in [1.54, 1.807) is 18.9 Å². The predicted molar refractivity (Wildman–Crippen MR) is 66.9 cm³/mol. The minimum Gasteiger partial charge on any atom is -0.385 e. The zero-order valence-corrected chi connectivity index (χ0v) is 11.8. The summed E-state index contributed by atoms with van der Waals surface area (Å²) in [7, 11) is 1.72. The van der Waals surface area contributed by atoms with Crippen LogP contribution in [0.4, 0.5) is 0 Å². The minimum absolute atomic E-state index is 0.807. The van der Waals surface area contributed by atoms with E-state index in [1.165, 1.54) is 0 Å². The van der Waals surface area contributed by atoms with Gasteiger partial charge in [-0.25, -0.2) is 4.98 Å². The third-order valence-electron chi connectivity index (χ3n) is 1.51. The van der Waals surface area contributed by atoms with E-state index in [2.05, 4.69) is 36.8 Å². The fraction of sp³-hybridized carbons (Fsp3) is 0.444. The van der Waals surface area contributed by atoms with Gasteiger partial charge in [-0.3, -0.25) is 0 Å². The van der Waals surface area contributed by atoms with E-state index < -0.39 is 0 Å². The molecule has 0 amide bonds. The molecule has 1 aromatic heterocycles. The normalized spacial score (nSPS) is 10.5. The van der Waals surface area contributed by atoms with Crippen molar-refractivity contribution in [2.24, 2.45) is 0 Å². The lowest BCUT2D eigenvalue weighted by Crippen LogP contribution is -1.91. The van der Waals surface area contributed by atoms with Gasteiger partial charge in [0.1, 0.15) is 5.03 Å². The Balaban J connectivity index is 2.42. The Morgan fingerprint density at radius 3 is 2.93 bits per heavy atom. The zero-order chi connectivity index (χ0) is 10.4. The van der Waals surface area contributed by atoms with Crippen LogP contribution < -0.4 is 0 Å². The molecule has 0 aromatic carbocycles. The van der Waals surface area contributed by atoms with Gasteiger partial charge in [-0.1, -0.05) is 0 Å². The van der Waals surface area contributed by atoms with Crippen LogP contribution >= 0.6 is 43.6 Å². The lowest BCUT2D eigenvalue weighted by Gasteiger charge is -2.03. The van der Waals surface area contributed by atoms with Gasteiger partial charge in [0.2, 0.25) is 0 Å². The summed E-state index contributed by atoms with van der Waals surface area (Å²) in [6, 6.07) is 2.01. The number of thioether (sulfide) groups is 1.